The fourth-order valence-electron chi connectivity index (χ4n) is 3.12. The fourth-order valence-corrected chi connectivity index (χ4v) is 3.12. The van der Waals surface area contributed by atoms with Gasteiger partial charge in [-0.3, -0.25) is 9.78 Å². The Hall–Kier alpha value is -2.28. The molecule has 1 aliphatic rings. The molecular weight excluding hydrogens is 294 g/mol. The Bertz CT molecular complexity index is 682. The molecule has 1 fully saturated rings. The molecule has 122 valence electrons. The molecule has 0 unspecified atom stereocenters. The summed E-state index contributed by atoms with van der Waals surface area (Å²) >= 11 is 0. The van der Waals surface area contributed by atoms with Gasteiger partial charge in [-0.2, -0.15) is 0 Å². The first kappa shape index (κ1) is 15.6. The molecule has 7 nitrogen and oxygen atoms in total. The Morgan fingerprint density at radius 2 is 2.26 bits per heavy atom. The summed E-state index contributed by atoms with van der Waals surface area (Å²) in [6.45, 7) is 2.32. The van der Waals surface area contributed by atoms with Gasteiger partial charge in [-0.15, -0.1) is 10.2 Å². The lowest BCUT2D eigenvalue weighted by Crippen LogP contribution is -2.32. The van der Waals surface area contributed by atoms with Crippen LogP contribution in [-0.4, -0.2) is 43.4 Å². The van der Waals surface area contributed by atoms with Gasteiger partial charge < -0.3 is 15.0 Å². The fraction of sp³-hybridized carbons (Fsp3) is 0.500. The van der Waals surface area contributed by atoms with Crippen molar-refractivity contribution >= 4 is 5.91 Å². The molecule has 1 aliphatic carbocycles. The largest absolute Gasteiger partial charge is 0.393 e. The van der Waals surface area contributed by atoms with Crippen LogP contribution in [-0.2, 0) is 7.05 Å². The predicted octanol–water partition coefficient (Wildman–Crippen LogP) is 0.803. The number of aromatic nitrogens is 4. The third-order valence-corrected chi connectivity index (χ3v) is 4.47. The molecule has 0 radical (unpaired) electrons. The van der Waals surface area contributed by atoms with Gasteiger partial charge in [-0.1, -0.05) is 0 Å². The average Bonchev–Trinajstić information content (AvgIpc) is 3.11. The van der Waals surface area contributed by atoms with E-state index in [0.717, 1.165) is 17.9 Å². The highest BCUT2D eigenvalue weighted by atomic mass is 16.3. The van der Waals surface area contributed by atoms with Crippen molar-refractivity contribution in [3.63, 3.8) is 0 Å². The molecule has 0 aliphatic heterocycles. The number of hydrogen-bond donors (Lipinski definition) is 2. The van der Waals surface area contributed by atoms with Crippen LogP contribution in [0.1, 0.15) is 40.6 Å². The van der Waals surface area contributed by atoms with Gasteiger partial charge in [-0.05, 0) is 31.9 Å². The van der Waals surface area contributed by atoms with Crippen LogP contribution in [0.15, 0.2) is 24.7 Å². The van der Waals surface area contributed by atoms with Crippen molar-refractivity contribution in [3.05, 3.63) is 41.7 Å². The summed E-state index contributed by atoms with van der Waals surface area (Å²) in [6.07, 6.45) is 4.24. The summed E-state index contributed by atoms with van der Waals surface area (Å²) in [5.74, 6) is 0.937. The van der Waals surface area contributed by atoms with Crippen molar-refractivity contribution in [2.45, 2.75) is 31.8 Å². The zero-order valence-electron chi connectivity index (χ0n) is 13.3. The number of aliphatic hydroxyl groups excluding tert-OH is 1. The Kier molecular flexibility index (Phi) is 4.38. The van der Waals surface area contributed by atoms with Gasteiger partial charge in [0.1, 0.15) is 12.2 Å². The van der Waals surface area contributed by atoms with E-state index in [9.17, 15) is 9.90 Å². The SMILES string of the molecule is Cc1ccc(C(=O)NC[C@H]2C[C@H](c3nncn3C)C[C@H]2O)cn1. The number of hydrogen-bond acceptors (Lipinski definition) is 5. The highest BCUT2D eigenvalue weighted by Crippen LogP contribution is 2.37. The van der Waals surface area contributed by atoms with E-state index in [0.29, 0.717) is 18.5 Å². The van der Waals surface area contributed by atoms with Crippen LogP contribution < -0.4 is 5.32 Å². The van der Waals surface area contributed by atoms with Crippen LogP contribution in [0, 0.1) is 12.8 Å². The summed E-state index contributed by atoms with van der Waals surface area (Å²) in [5, 5.41) is 21.2. The number of pyridine rings is 1. The third-order valence-electron chi connectivity index (χ3n) is 4.47. The number of rotatable bonds is 4. The van der Waals surface area contributed by atoms with E-state index in [1.165, 1.54) is 0 Å². The summed E-state index contributed by atoms with van der Waals surface area (Å²) in [6, 6.07) is 3.56. The van der Waals surface area contributed by atoms with E-state index in [2.05, 4.69) is 20.5 Å². The summed E-state index contributed by atoms with van der Waals surface area (Å²) in [7, 11) is 1.90. The molecular formula is C16H21N5O2. The Balaban J connectivity index is 1.57. The van der Waals surface area contributed by atoms with E-state index in [4.69, 9.17) is 0 Å². The minimum Gasteiger partial charge on any atom is -0.393 e. The third kappa shape index (κ3) is 3.39. The van der Waals surface area contributed by atoms with Gasteiger partial charge in [0.2, 0.25) is 0 Å². The van der Waals surface area contributed by atoms with E-state index >= 15 is 0 Å². The Labute approximate surface area is 134 Å². The number of carbonyl (C=O) groups is 1. The molecule has 2 N–H and O–H groups in total. The number of nitrogens with zero attached hydrogens (tertiary/aromatic N) is 4. The van der Waals surface area contributed by atoms with Gasteiger partial charge >= 0.3 is 0 Å². The number of aryl methyl sites for hydroxylation is 2. The van der Waals surface area contributed by atoms with Crippen molar-refractivity contribution in [2.24, 2.45) is 13.0 Å². The van der Waals surface area contributed by atoms with Crippen molar-refractivity contribution in [1.82, 2.24) is 25.1 Å². The molecule has 3 atom stereocenters. The average molecular weight is 315 g/mol. The molecule has 1 saturated carbocycles. The monoisotopic (exact) mass is 315 g/mol. The van der Waals surface area contributed by atoms with Crippen molar-refractivity contribution in [1.29, 1.82) is 0 Å². The topological polar surface area (TPSA) is 92.9 Å². The van der Waals surface area contributed by atoms with Crippen molar-refractivity contribution in [3.8, 4) is 0 Å². The first-order chi connectivity index (χ1) is 11.0. The molecule has 0 bridgehead atoms. The lowest BCUT2D eigenvalue weighted by molar-refractivity contribution is 0.0916. The second kappa shape index (κ2) is 6.45. The highest BCUT2D eigenvalue weighted by molar-refractivity contribution is 5.93. The number of aliphatic hydroxyl groups is 1. The minimum atomic E-state index is -0.437. The Morgan fingerprint density at radius 3 is 2.91 bits per heavy atom. The molecule has 2 aromatic heterocycles. The van der Waals surface area contributed by atoms with Crippen LogP contribution >= 0.6 is 0 Å². The van der Waals surface area contributed by atoms with Crippen molar-refractivity contribution in [2.75, 3.05) is 6.54 Å². The first-order valence-corrected chi connectivity index (χ1v) is 7.77. The lowest BCUT2D eigenvalue weighted by Gasteiger charge is -2.15. The normalized spacial score (nSPS) is 23.9. The molecule has 1 amide bonds. The lowest BCUT2D eigenvalue weighted by atomic mass is 10.0. The maximum absolute atomic E-state index is 12.1. The molecule has 0 spiro atoms. The minimum absolute atomic E-state index is 0.0269. The Morgan fingerprint density at radius 1 is 1.43 bits per heavy atom. The van der Waals surface area contributed by atoms with Crippen molar-refractivity contribution < 1.29 is 9.90 Å². The standard InChI is InChI=1S/C16H21N5O2/c1-10-3-4-11(7-17-10)16(23)18-8-13-5-12(6-14(13)22)15-20-19-9-21(15)2/h3-4,7,9,12-14,22H,5-6,8H2,1-2H3,(H,18,23)/t12-,13+,14+/m0/s1. The number of nitrogens with one attached hydrogen (secondary N) is 1. The molecule has 0 aromatic carbocycles. The van der Waals surface area contributed by atoms with E-state index in [1.54, 1.807) is 18.6 Å². The van der Waals surface area contributed by atoms with Crippen LogP contribution in [0.5, 0.6) is 0 Å². The summed E-state index contributed by atoms with van der Waals surface area (Å²) in [5.41, 5.74) is 1.41. The van der Waals surface area contributed by atoms with Gasteiger partial charge in [0.05, 0.1) is 11.7 Å². The van der Waals surface area contributed by atoms with Gasteiger partial charge in [-0.25, -0.2) is 0 Å². The van der Waals surface area contributed by atoms with Gasteiger partial charge in [0.25, 0.3) is 5.91 Å². The van der Waals surface area contributed by atoms with Gasteiger partial charge in [0, 0.05) is 37.3 Å². The molecule has 7 heteroatoms. The van der Waals surface area contributed by atoms with Gasteiger partial charge in [0.15, 0.2) is 0 Å². The molecule has 0 saturated heterocycles. The quantitative estimate of drug-likeness (QED) is 0.870. The second-order valence-corrected chi connectivity index (χ2v) is 6.19. The number of amides is 1. The zero-order chi connectivity index (χ0) is 16.4. The van der Waals surface area contributed by atoms with E-state index in [1.807, 2.05) is 24.6 Å². The maximum Gasteiger partial charge on any atom is 0.252 e. The van der Waals surface area contributed by atoms with E-state index < -0.39 is 6.10 Å². The van der Waals surface area contributed by atoms with E-state index in [-0.39, 0.29) is 17.7 Å². The predicted molar refractivity (Wildman–Crippen MR) is 83.8 cm³/mol. The summed E-state index contributed by atoms with van der Waals surface area (Å²) < 4.78 is 1.89. The van der Waals surface area contributed by atoms with Crippen LogP contribution in [0.2, 0.25) is 0 Å². The van der Waals surface area contributed by atoms with Crippen LogP contribution in [0.3, 0.4) is 0 Å². The molecule has 23 heavy (non-hydrogen) atoms. The number of carbonyl (C=O) groups excluding carboxylic acids is 1. The second-order valence-electron chi connectivity index (χ2n) is 6.19. The van der Waals surface area contributed by atoms with Crippen LogP contribution in [0.4, 0.5) is 0 Å². The zero-order valence-corrected chi connectivity index (χ0v) is 13.3. The highest BCUT2D eigenvalue weighted by Gasteiger charge is 2.36. The summed E-state index contributed by atoms with van der Waals surface area (Å²) in [4.78, 5) is 16.2. The van der Waals surface area contributed by atoms with Crippen LogP contribution in [0.25, 0.3) is 0 Å². The molecule has 3 rings (SSSR count). The molecule has 2 aromatic rings. The molecule has 2 heterocycles. The smallest absolute Gasteiger partial charge is 0.252 e. The first-order valence-electron chi connectivity index (χ1n) is 7.77. The maximum atomic E-state index is 12.1.